The van der Waals surface area contributed by atoms with Crippen LogP contribution in [0, 0.1) is 0 Å². The van der Waals surface area contributed by atoms with Gasteiger partial charge in [0.15, 0.2) is 6.61 Å². The monoisotopic (exact) mass is 426 g/mol. The van der Waals surface area contributed by atoms with Crippen LogP contribution in [0.15, 0.2) is 48.8 Å². The van der Waals surface area contributed by atoms with E-state index in [4.69, 9.17) is 21.1 Å². The van der Waals surface area contributed by atoms with Crippen LogP contribution in [0.1, 0.15) is 0 Å². The summed E-state index contributed by atoms with van der Waals surface area (Å²) < 4.78 is 48.9. The number of carbonyl (C=O) groups excluding carboxylic acids is 1. The number of pyridine rings is 1. The molecule has 29 heavy (non-hydrogen) atoms. The van der Waals surface area contributed by atoms with Gasteiger partial charge in [0.2, 0.25) is 11.8 Å². The number of amides is 1. The van der Waals surface area contributed by atoms with Gasteiger partial charge in [-0.1, -0.05) is 23.7 Å². The molecule has 0 saturated heterocycles. The summed E-state index contributed by atoms with van der Waals surface area (Å²) in [5, 5.41) is 6.80. The summed E-state index contributed by atoms with van der Waals surface area (Å²) in [6.45, 7) is -1.50. The Bertz CT molecular complexity index is 1010. The molecule has 11 heteroatoms. The zero-order valence-electron chi connectivity index (χ0n) is 14.9. The molecule has 0 saturated carbocycles. The zero-order chi connectivity index (χ0) is 21.0. The maximum Gasteiger partial charge on any atom is 0.422 e. The summed E-state index contributed by atoms with van der Waals surface area (Å²) >= 11 is 5.86. The molecule has 0 unspecified atom stereocenters. The van der Waals surface area contributed by atoms with Crippen molar-refractivity contribution in [1.82, 2.24) is 14.8 Å². The van der Waals surface area contributed by atoms with Crippen LogP contribution >= 0.6 is 11.6 Å². The van der Waals surface area contributed by atoms with Gasteiger partial charge in [0.05, 0.1) is 11.9 Å². The molecule has 2 aromatic heterocycles. The predicted octanol–water partition coefficient (Wildman–Crippen LogP) is 4.69. The Kier molecular flexibility index (Phi) is 5.92. The summed E-state index contributed by atoms with van der Waals surface area (Å²) in [7, 11) is 1.66. The second kappa shape index (κ2) is 8.39. The van der Waals surface area contributed by atoms with E-state index in [-0.39, 0.29) is 23.0 Å². The Morgan fingerprint density at radius 3 is 2.59 bits per heavy atom. The van der Waals surface area contributed by atoms with Crippen LogP contribution in [0.5, 0.6) is 11.8 Å². The molecule has 0 fully saturated rings. The Labute approximate surface area is 168 Å². The fourth-order valence-electron chi connectivity index (χ4n) is 2.31. The molecule has 1 N–H and O–H groups in total. The molecular formula is C18H14ClF3N4O3. The minimum Gasteiger partial charge on any atom is -0.468 e. The average Bonchev–Trinajstić information content (AvgIpc) is 3.05. The van der Waals surface area contributed by atoms with Crippen LogP contribution in [-0.4, -0.2) is 33.6 Å². The highest BCUT2D eigenvalue weighted by atomic mass is 35.5. The second-order valence-electron chi connectivity index (χ2n) is 5.83. The van der Waals surface area contributed by atoms with Crippen molar-refractivity contribution < 1.29 is 27.4 Å². The van der Waals surface area contributed by atoms with Crippen molar-refractivity contribution in [2.75, 3.05) is 11.9 Å². The third-order valence-corrected chi connectivity index (χ3v) is 3.76. The van der Waals surface area contributed by atoms with Crippen molar-refractivity contribution in [2.45, 2.75) is 6.18 Å². The number of aromatic nitrogens is 3. The van der Waals surface area contributed by atoms with Gasteiger partial charge in [0.25, 0.3) is 0 Å². The van der Waals surface area contributed by atoms with Gasteiger partial charge in [-0.2, -0.15) is 13.2 Å². The van der Waals surface area contributed by atoms with Gasteiger partial charge in [0.1, 0.15) is 0 Å². The number of anilines is 1. The van der Waals surface area contributed by atoms with Gasteiger partial charge < -0.3 is 9.47 Å². The van der Waals surface area contributed by atoms with Crippen molar-refractivity contribution in [3.05, 3.63) is 53.8 Å². The van der Waals surface area contributed by atoms with Crippen LogP contribution in [0.25, 0.3) is 11.1 Å². The lowest BCUT2D eigenvalue weighted by Crippen LogP contribution is -2.20. The maximum atomic E-state index is 12.5. The first kappa shape index (κ1) is 20.5. The van der Waals surface area contributed by atoms with Crippen molar-refractivity contribution in [3.8, 4) is 22.9 Å². The summed E-state index contributed by atoms with van der Waals surface area (Å²) in [6, 6.07) is 9.23. The predicted molar refractivity (Wildman–Crippen MR) is 99.1 cm³/mol. The lowest BCUT2D eigenvalue weighted by Gasteiger charge is -2.14. The third-order valence-electron chi connectivity index (χ3n) is 3.51. The van der Waals surface area contributed by atoms with Crippen molar-refractivity contribution >= 4 is 23.4 Å². The highest BCUT2D eigenvalue weighted by Gasteiger charge is 2.29. The molecule has 3 aromatic rings. The smallest absolute Gasteiger partial charge is 0.422 e. The highest BCUT2D eigenvalue weighted by molar-refractivity contribution is 6.30. The molecule has 0 aliphatic rings. The van der Waals surface area contributed by atoms with E-state index in [1.165, 1.54) is 16.8 Å². The molecule has 2 heterocycles. The van der Waals surface area contributed by atoms with E-state index in [1.54, 1.807) is 37.5 Å². The molecule has 152 valence electrons. The van der Waals surface area contributed by atoms with Crippen LogP contribution < -0.4 is 14.8 Å². The molecule has 0 bridgehead atoms. The minimum absolute atomic E-state index is 0.0843. The van der Waals surface area contributed by atoms with E-state index in [1.807, 2.05) is 0 Å². The average molecular weight is 427 g/mol. The first-order valence-electron chi connectivity index (χ1n) is 8.13. The fraction of sp³-hybridized carbons (Fsp3) is 0.167. The Balaban J connectivity index is 1.84. The molecule has 1 aromatic carbocycles. The molecule has 0 atom stereocenters. The number of hydrogen-bond donors (Lipinski definition) is 1. The van der Waals surface area contributed by atoms with E-state index in [0.717, 1.165) is 6.20 Å². The standard InChI is InChI=1S/C18H14ClF3N4O3/c1-26-7-6-15(25-26)29-17(27)24-13-8-14(11-2-4-12(19)5-3-11)16(23-9-13)28-10-18(20,21)22/h2-9H,10H2,1H3,(H,24,27). The summed E-state index contributed by atoms with van der Waals surface area (Å²) in [4.78, 5) is 15.9. The van der Waals surface area contributed by atoms with Gasteiger partial charge >= 0.3 is 12.3 Å². The van der Waals surface area contributed by atoms with Gasteiger partial charge in [-0.15, -0.1) is 5.10 Å². The number of rotatable bonds is 5. The van der Waals surface area contributed by atoms with Crippen LogP contribution in [0.4, 0.5) is 23.7 Å². The fourth-order valence-corrected chi connectivity index (χ4v) is 2.43. The summed E-state index contributed by atoms with van der Waals surface area (Å²) in [5.74, 6) is -0.158. The number of alkyl halides is 3. The maximum absolute atomic E-state index is 12.5. The van der Waals surface area contributed by atoms with Crippen LogP contribution in [0.2, 0.25) is 5.02 Å². The molecule has 0 aliphatic heterocycles. The largest absolute Gasteiger partial charge is 0.468 e. The van der Waals surface area contributed by atoms with E-state index < -0.39 is 18.9 Å². The minimum atomic E-state index is -4.53. The molecular weight excluding hydrogens is 413 g/mol. The Morgan fingerprint density at radius 1 is 1.24 bits per heavy atom. The highest BCUT2D eigenvalue weighted by Crippen LogP contribution is 2.32. The number of carbonyl (C=O) groups is 1. The van der Waals surface area contributed by atoms with Gasteiger partial charge in [-0.3, -0.25) is 10.00 Å². The van der Waals surface area contributed by atoms with Gasteiger partial charge in [0, 0.05) is 29.9 Å². The number of aryl methyl sites for hydroxylation is 1. The van der Waals surface area contributed by atoms with Crippen molar-refractivity contribution in [3.63, 3.8) is 0 Å². The second-order valence-corrected chi connectivity index (χ2v) is 6.27. The molecule has 7 nitrogen and oxygen atoms in total. The molecule has 0 radical (unpaired) electrons. The van der Waals surface area contributed by atoms with Crippen LogP contribution in [-0.2, 0) is 7.05 Å². The molecule has 3 rings (SSSR count). The van der Waals surface area contributed by atoms with E-state index in [9.17, 15) is 18.0 Å². The lowest BCUT2D eigenvalue weighted by molar-refractivity contribution is -0.154. The van der Waals surface area contributed by atoms with E-state index in [2.05, 4.69) is 15.4 Å². The number of hydrogen-bond acceptors (Lipinski definition) is 5. The zero-order valence-corrected chi connectivity index (χ0v) is 15.7. The SMILES string of the molecule is Cn1ccc(OC(=O)Nc2cnc(OCC(F)(F)F)c(-c3ccc(Cl)cc3)c2)n1. The van der Waals surface area contributed by atoms with Crippen LogP contribution in [0.3, 0.4) is 0 Å². The van der Waals surface area contributed by atoms with Crippen molar-refractivity contribution in [2.24, 2.45) is 7.05 Å². The van der Waals surface area contributed by atoms with E-state index >= 15 is 0 Å². The lowest BCUT2D eigenvalue weighted by atomic mass is 10.1. The molecule has 0 spiro atoms. The van der Waals surface area contributed by atoms with E-state index in [0.29, 0.717) is 10.6 Å². The topological polar surface area (TPSA) is 78.3 Å². The number of nitrogens with one attached hydrogen (secondary N) is 1. The number of benzene rings is 1. The van der Waals surface area contributed by atoms with Gasteiger partial charge in [-0.25, -0.2) is 9.78 Å². The molecule has 0 aliphatic carbocycles. The Hall–Kier alpha value is -3.27. The number of ether oxygens (including phenoxy) is 2. The summed E-state index contributed by atoms with van der Waals surface area (Å²) in [5.41, 5.74) is 0.928. The van der Waals surface area contributed by atoms with Crippen molar-refractivity contribution in [1.29, 1.82) is 0 Å². The number of halogens is 4. The summed E-state index contributed by atoms with van der Waals surface area (Å²) in [6.07, 6.45) is -2.61. The first-order chi connectivity index (χ1) is 13.7. The quantitative estimate of drug-likeness (QED) is 0.640. The Morgan fingerprint density at radius 2 is 1.97 bits per heavy atom. The third kappa shape index (κ3) is 5.85. The number of nitrogens with zero attached hydrogens (tertiary/aromatic N) is 3. The first-order valence-corrected chi connectivity index (χ1v) is 8.51. The molecule has 1 amide bonds. The van der Waals surface area contributed by atoms with Gasteiger partial charge in [-0.05, 0) is 23.8 Å². The normalized spacial score (nSPS) is 11.2.